The monoisotopic (exact) mass is 203 g/mol. The van der Waals surface area contributed by atoms with E-state index in [1.165, 1.54) is 0 Å². The Morgan fingerprint density at radius 3 is 2.71 bits per heavy atom. The standard InChI is InChI=1S/C9H21N3O2/c1-3-12(7-8-14-2)6-4-5-9(10)11-13/h13H,3-8H2,1-2H3,(H2,10,11). The Hall–Kier alpha value is -0.810. The van der Waals surface area contributed by atoms with E-state index < -0.39 is 0 Å². The van der Waals surface area contributed by atoms with Gasteiger partial charge in [-0.1, -0.05) is 12.1 Å². The molecule has 0 aliphatic rings. The Kier molecular flexibility index (Phi) is 8.27. The number of nitrogens with zero attached hydrogens (tertiary/aromatic N) is 2. The van der Waals surface area contributed by atoms with Crippen LogP contribution in [0.4, 0.5) is 0 Å². The van der Waals surface area contributed by atoms with Gasteiger partial charge in [-0.2, -0.15) is 0 Å². The molecule has 0 saturated carbocycles. The molecule has 0 aliphatic heterocycles. The molecule has 3 N–H and O–H groups in total. The topological polar surface area (TPSA) is 71.1 Å². The predicted molar refractivity (Wildman–Crippen MR) is 56.6 cm³/mol. The molecule has 84 valence electrons. The van der Waals surface area contributed by atoms with Gasteiger partial charge in [-0.3, -0.25) is 0 Å². The summed E-state index contributed by atoms with van der Waals surface area (Å²) in [7, 11) is 1.70. The summed E-state index contributed by atoms with van der Waals surface area (Å²) in [6, 6.07) is 0. The van der Waals surface area contributed by atoms with Crippen molar-refractivity contribution in [3.05, 3.63) is 0 Å². The number of hydrogen-bond donors (Lipinski definition) is 2. The van der Waals surface area contributed by atoms with Crippen LogP contribution in [0.25, 0.3) is 0 Å². The van der Waals surface area contributed by atoms with E-state index in [0.717, 1.165) is 32.7 Å². The van der Waals surface area contributed by atoms with Gasteiger partial charge in [0.25, 0.3) is 0 Å². The molecular formula is C9H21N3O2. The number of ether oxygens (including phenoxy) is 1. The van der Waals surface area contributed by atoms with Gasteiger partial charge in [-0.05, 0) is 19.5 Å². The van der Waals surface area contributed by atoms with E-state index >= 15 is 0 Å². The van der Waals surface area contributed by atoms with Gasteiger partial charge in [0.05, 0.1) is 6.61 Å². The number of oxime groups is 1. The van der Waals surface area contributed by atoms with Crippen LogP contribution >= 0.6 is 0 Å². The molecule has 5 heteroatoms. The van der Waals surface area contributed by atoms with Crippen LogP contribution in [-0.4, -0.2) is 49.3 Å². The molecule has 0 aromatic heterocycles. The highest BCUT2D eigenvalue weighted by Crippen LogP contribution is 1.95. The maximum atomic E-state index is 8.33. The van der Waals surface area contributed by atoms with E-state index in [-0.39, 0.29) is 0 Å². The summed E-state index contributed by atoms with van der Waals surface area (Å²) in [4.78, 5) is 2.27. The molecule has 0 saturated heterocycles. The van der Waals surface area contributed by atoms with Crippen molar-refractivity contribution in [2.45, 2.75) is 19.8 Å². The first-order chi connectivity index (χ1) is 6.74. The van der Waals surface area contributed by atoms with Crippen molar-refractivity contribution in [3.8, 4) is 0 Å². The molecule has 0 fully saturated rings. The fraction of sp³-hybridized carbons (Fsp3) is 0.889. The molecule has 0 rings (SSSR count). The first-order valence-corrected chi connectivity index (χ1v) is 4.92. The molecule has 0 radical (unpaired) electrons. The van der Waals surface area contributed by atoms with Crippen LogP contribution < -0.4 is 5.73 Å². The number of rotatable bonds is 8. The van der Waals surface area contributed by atoms with Gasteiger partial charge in [-0.25, -0.2) is 0 Å². The molecular weight excluding hydrogens is 182 g/mol. The zero-order chi connectivity index (χ0) is 10.8. The van der Waals surface area contributed by atoms with E-state index in [0.29, 0.717) is 12.3 Å². The Balaban J connectivity index is 3.52. The summed E-state index contributed by atoms with van der Waals surface area (Å²) in [5.41, 5.74) is 5.36. The third-order valence-corrected chi connectivity index (χ3v) is 2.09. The van der Waals surface area contributed by atoms with Crippen LogP contribution in [0.3, 0.4) is 0 Å². The number of amidine groups is 1. The number of methoxy groups -OCH3 is 1. The molecule has 0 spiro atoms. The largest absolute Gasteiger partial charge is 0.409 e. The Labute approximate surface area is 85.5 Å². The summed E-state index contributed by atoms with van der Waals surface area (Å²) in [5, 5.41) is 11.3. The molecule has 0 amide bonds. The van der Waals surface area contributed by atoms with Crippen molar-refractivity contribution in [1.29, 1.82) is 0 Å². The van der Waals surface area contributed by atoms with Crippen molar-refractivity contribution < 1.29 is 9.94 Å². The van der Waals surface area contributed by atoms with Crippen molar-refractivity contribution in [3.63, 3.8) is 0 Å². The maximum Gasteiger partial charge on any atom is 0.139 e. The molecule has 0 heterocycles. The van der Waals surface area contributed by atoms with Crippen molar-refractivity contribution in [1.82, 2.24) is 4.90 Å². The molecule has 0 aliphatic carbocycles. The van der Waals surface area contributed by atoms with E-state index in [1.807, 2.05) is 0 Å². The quantitative estimate of drug-likeness (QED) is 0.260. The second-order valence-corrected chi connectivity index (χ2v) is 3.12. The second kappa shape index (κ2) is 8.77. The lowest BCUT2D eigenvalue weighted by Crippen LogP contribution is -2.29. The Morgan fingerprint density at radius 1 is 1.50 bits per heavy atom. The fourth-order valence-electron chi connectivity index (χ4n) is 1.18. The highest BCUT2D eigenvalue weighted by molar-refractivity contribution is 5.79. The fourth-order valence-corrected chi connectivity index (χ4v) is 1.18. The smallest absolute Gasteiger partial charge is 0.139 e. The molecule has 0 atom stereocenters. The SMILES string of the molecule is CCN(CCC/C(N)=N/O)CCOC. The van der Waals surface area contributed by atoms with Gasteiger partial charge >= 0.3 is 0 Å². The Morgan fingerprint density at radius 2 is 2.21 bits per heavy atom. The van der Waals surface area contributed by atoms with Gasteiger partial charge < -0.3 is 20.6 Å². The highest BCUT2D eigenvalue weighted by atomic mass is 16.5. The van der Waals surface area contributed by atoms with Crippen LogP contribution in [-0.2, 0) is 4.74 Å². The van der Waals surface area contributed by atoms with Crippen molar-refractivity contribution in [2.24, 2.45) is 10.9 Å². The summed E-state index contributed by atoms with van der Waals surface area (Å²) < 4.78 is 4.99. The van der Waals surface area contributed by atoms with Crippen LogP contribution in [0.5, 0.6) is 0 Å². The van der Waals surface area contributed by atoms with Gasteiger partial charge in [0.15, 0.2) is 0 Å². The lowest BCUT2D eigenvalue weighted by Gasteiger charge is -2.19. The molecule has 0 aromatic carbocycles. The molecule has 5 nitrogen and oxygen atoms in total. The van der Waals surface area contributed by atoms with Crippen LogP contribution in [0.1, 0.15) is 19.8 Å². The number of hydrogen-bond acceptors (Lipinski definition) is 4. The summed E-state index contributed by atoms with van der Waals surface area (Å²) in [5.74, 6) is 0.299. The van der Waals surface area contributed by atoms with E-state index in [9.17, 15) is 0 Å². The van der Waals surface area contributed by atoms with E-state index in [1.54, 1.807) is 7.11 Å². The average molecular weight is 203 g/mol. The van der Waals surface area contributed by atoms with Gasteiger partial charge in [0.1, 0.15) is 5.84 Å². The summed E-state index contributed by atoms with van der Waals surface area (Å²) in [6.07, 6.45) is 1.55. The number of nitrogens with two attached hydrogens (primary N) is 1. The lowest BCUT2D eigenvalue weighted by atomic mass is 10.2. The third kappa shape index (κ3) is 6.68. The van der Waals surface area contributed by atoms with Crippen LogP contribution in [0, 0.1) is 0 Å². The second-order valence-electron chi connectivity index (χ2n) is 3.12. The maximum absolute atomic E-state index is 8.33. The van der Waals surface area contributed by atoms with Gasteiger partial charge in [0, 0.05) is 20.1 Å². The third-order valence-electron chi connectivity index (χ3n) is 2.09. The van der Waals surface area contributed by atoms with E-state index in [2.05, 4.69) is 17.0 Å². The molecule has 0 aromatic rings. The Bertz CT molecular complexity index is 162. The summed E-state index contributed by atoms with van der Waals surface area (Å²) >= 11 is 0. The lowest BCUT2D eigenvalue weighted by molar-refractivity contribution is 0.150. The van der Waals surface area contributed by atoms with Crippen molar-refractivity contribution in [2.75, 3.05) is 33.4 Å². The van der Waals surface area contributed by atoms with Gasteiger partial charge in [0.2, 0.25) is 0 Å². The minimum atomic E-state index is 0.299. The predicted octanol–water partition coefficient (Wildman–Crippen LogP) is 0.481. The van der Waals surface area contributed by atoms with Crippen molar-refractivity contribution >= 4 is 5.84 Å². The zero-order valence-corrected chi connectivity index (χ0v) is 9.07. The molecule has 14 heavy (non-hydrogen) atoms. The van der Waals surface area contributed by atoms with Crippen LogP contribution in [0.2, 0.25) is 0 Å². The highest BCUT2D eigenvalue weighted by Gasteiger charge is 2.02. The molecule has 0 unspecified atom stereocenters. The minimum Gasteiger partial charge on any atom is -0.409 e. The average Bonchev–Trinajstić information content (AvgIpc) is 2.22. The zero-order valence-electron chi connectivity index (χ0n) is 9.07. The first-order valence-electron chi connectivity index (χ1n) is 4.92. The number of likely N-dealkylation sites (N-methyl/N-ethyl adjacent to an activating group) is 1. The first kappa shape index (κ1) is 13.2. The van der Waals surface area contributed by atoms with Crippen LogP contribution in [0.15, 0.2) is 5.16 Å². The minimum absolute atomic E-state index is 0.299. The summed E-state index contributed by atoms with van der Waals surface area (Å²) in [6.45, 7) is 5.75. The normalized spacial score (nSPS) is 12.4. The van der Waals surface area contributed by atoms with E-state index in [4.69, 9.17) is 15.7 Å². The molecule has 0 bridgehead atoms. The van der Waals surface area contributed by atoms with Gasteiger partial charge in [-0.15, -0.1) is 0 Å².